The minimum Gasteiger partial charge on any atom is -0.497 e. The molecule has 1 saturated heterocycles. The Kier molecular flexibility index (Phi) is 5.26. The fourth-order valence-electron chi connectivity index (χ4n) is 3.12. The molecule has 0 amide bonds. The molecular weight excluding hydrogens is 252 g/mol. The van der Waals surface area contributed by atoms with Crippen molar-refractivity contribution in [2.45, 2.75) is 32.4 Å². The minimum atomic E-state index is 0.315. The van der Waals surface area contributed by atoms with E-state index in [-0.39, 0.29) is 0 Å². The van der Waals surface area contributed by atoms with Crippen LogP contribution >= 0.6 is 0 Å². The van der Waals surface area contributed by atoms with E-state index in [1.54, 1.807) is 14.2 Å². The molecule has 0 bridgehead atoms. The minimum absolute atomic E-state index is 0.315. The van der Waals surface area contributed by atoms with Crippen LogP contribution in [0.3, 0.4) is 0 Å². The number of nitrogens with one attached hydrogen (secondary N) is 1. The van der Waals surface area contributed by atoms with Gasteiger partial charge in [-0.25, -0.2) is 0 Å². The molecule has 20 heavy (non-hydrogen) atoms. The molecule has 4 heteroatoms. The summed E-state index contributed by atoms with van der Waals surface area (Å²) in [6, 6.07) is 6.95. The van der Waals surface area contributed by atoms with Crippen molar-refractivity contribution < 1.29 is 9.47 Å². The van der Waals surface area contributed by atoms with Crippen LogP contribution in [0.4, 0.5) is 0 Å². The molecular formula is C16H26N2O2. The molecule has 2 rings (SSSR count). The van der Waals surface area contributed by atoms with Crippen LogP contribution in [-0.2, 0) is 0 Å². The number of likely N-dealkylation sites (N-methyl/N-ethyl adjacent to an activating group) is 1. The van der Waals surface area contributed by atoms with Crippen LogP contribution in [0.2, 0.25) is 0 Å². The fourth-order valence-corrected chi connectivity index (χ4v) is 3.12. The molecule has 0 aliphatic carbocycles. The molecule has 1 heterocycles. The molecule has 2 unspecified atom stereocenters. The van der Waals surface area contributed by atoms with E-state index in [9.17, 15) is 0 Å². The Labute approximate surface area is 122 Å². The highest BCUT2D eigenvalue weighted by atomic mass is 16.5. The van der Waals surface area contributed by atoms with Gasteiger partial charge >= 0.3 is 0 Å². The number of methoxy groups -OCH3 is 2. The monoisotopic (exact) mass is 278 g/mol. The molecule has 1 aliphatic rings. The van der Waals surface area contributed by atoms with Crippen molar-refractivity contribution in [2.75, 3.05) is 33.9 Å². The molecule has 1 N–H and O–H groups in total. The summed E-state index contributed by atoms with van der Waals surface area (Å²) in [5.74, 6) is 1.82. The second-order valence-electron chi connectivity index (χ2n) is 5.26. The van der Waals surface area contributed by atoms with E-state index in [1.165, 1.54) is 12.0 Å². The van der Waals surface area contributed by atoms with Gasteiger partial charge in [0.05, 0.1) is 14.2 Å². The largest absolute Gasteiger partial charge is 0.497 e. The number of hydrogen-bond donors (Lipinski definition) is 1. The Morgan fingerprint density at radius 1 is 1.35 bits per heavy atom. The average Bonchev–Trinajstić information content (AvgIpc) is 3.01. The summed E-state index contributed by atoms with van der Waals surface area (Å²) in [4.78, 5) is 2.54. The van der Waals surface area contributed by atoms with Crippen LogP contribution < -0.4 is 14.8 Å². The second kappa shape index (κ2) is 6.95. The number of rotatable bonds is 6. The normalized spacial score (nSPS) is 20.1. The van der Waals surface area contributed by atoms with Crippen molar-refractivity contribution >= 4 is 0 Å². The third-order valence-electron chi connectivity index (χ3n) is 4.25. The lowest BCUT2D eigenvalue weighted by Gasteiger charge is -2.34. The second-order valence-corrected chi connectivity index (χ2v) is 5.26. The Hall–Kier alpha value is -1.26. The van der Waals surface area contributed by atoms with Crippen molar-refractivity contribution in [3.8, 4) is 11.5 Å². The van der Waals surface area contributed by atoms with Gasteiger partial charge < -0.3 is 14.8 Å². The fraction of sp³-hybridized carbons (Fsp3) is 0.625. The Morgan fingerprint density at radius 3 is 2.70 bits per heavy atom. The summed E-state index contributed by atoms with van der Waals surface area (Å²) in [6.07, 6.45) is 1.21. The molecule has 4 nitrogen and oxygen atoms in total. The molecule has 112 valence electrons. The van der Waals surface area contributed by atoms with E-state index in [4.69, 9.17) is 9.47 Å². The smallest absolute Gasteiger partial charge is 0.123 e. The van der Waals surface area contributed by atoms with E-state index >= 15 is 0 Å². The summed E-state index contributed by atoms with van der Waals surface area (Å²) in [5.41, 5.74) is 1.20. The van der Waals surface area contributed by atoms with E-state index < -0.39 is 0 Å². The zero-order chi connectivity index (χ0) is 14.5. The molecule has 2 atom stereocenters. The zero-order valence-electron chi connectivity index (χ0n) is 13.0. The maximum absolute atomic E-state index is 5.53. The van der Waals surface area contributed by atoms with Gasteiger partial charge in [-0.1, -0.05) is 6.92 Å². The van der Waals surface area contributed by atoms with Gasteiger partial charge in [-0.2, -0.15) is 0 Å². The van der Waals surface area contributed by atoms with Gasteiger partial charge in [-0.3, -0.25) is 4.90 Å². The standard InChI is InChI=1S/C16H26N2O2/c1-5-18(13-8-9-17-11-13)12(2)15-10-14(19-3)6-7-16(15)20-4/h6-7,10,12-13,17H,5,8-9,11H2,1-4H3. The van der Waals surface area contributed by atoms with Gasteiger partial charge in [-0.05, 0) is 44.6 Å². The molecule has 0 aromatic heterocycles. The SMILES string of the molecule is CCN(C1CCNC1)C(C)c1cc(OC)ccc1OC. The van der Waals surface area contributed by atoms with Crippen molar-refractivity contribution in [3.05, 3.63) is 23.8 Å². The van der Waals surface area contributed by atoms with E-state index in [1.807, 2.05) is 12.1 Å². The topological polar surface area (TPSA) is 33.7 Å². The van der Waals surface area contributed by atoms with E-state index in [0.717, 1.165) is 31.1 Å². The molecule has 0 saturated carbocycles. The van der Waals surface area contributed by atoms with Crippen LogP contribution in [0.15, 0.2) is 18.2 Å². The van der Waals surface area contributed by atoms with E-state index in [0.29, 0.717) is 12.1 Å². The van der Waals surface area contributed by atoms with Crippen LogP contribution in [0.1, 0.15) is 31.9 Å². The summed E-state index contributed by atoms with van der Waals surface area (Å²) >= 11 is 0. The third kappa shape index (κ3) is 3.07. The van der Waals surface area contributed by atoms with Crippen LogP contribution in [0, 0.1) is 0 Å². The summed E-state index contributed by atoms with van der Waals surface area (Å²) in [5, 5.41) is 3.45. The lowest BCUT2D eigenvalue weighted by Crippen LogP contribution is -2.38. The predicted octanol–water partition coefficient (Wildman–Crippen LogP) is 2.45. The van der Waals surface area contributed by atoms with Crippen molar-refractivity contribution in [3.63, 3.8) is 0 Å². The highest BCUT2D eigenvalue weighted by molar-refractivity contribution is 5.42. The Bertz CT molecular complexity index is 430. The predicted molar refractivity (Wildman–Crippen MR) is 81.6 cm³/mol. The first-order valence-corrected chi connectivity index (χ1v) is 7.39. The average molecular weight is 278 g/mol. The summed E-state index contributed by atoms with van der Waals surface area (Å²) < 4.78 is 10.9. The van der Waals surface area contributed by atoms with Crippen molar-refractivity contribution in [1.82, 2.24) is 10.2 Å². The number of nitrogens with zero attached hydrogens (tertiary/aromatic N) is 1. The van der Waals surface area contributed by atoms with Crippen LogP contribution in [0.25, 0.3) is 0 Å². The number of benzene rings is 1. The lowest BCUT2D eigenvalue weighted by atomic mass is 10.0. The molecule has 1 aromatic carbocycles. The van der Waals surface area contributed by atoms with Gasteiger partial charge in [0, 0.05) is 24.2 Å². The molecule has 0 radical (unpaired) electrons. The Balaban J connectivity index is 2.27. The first-order valence-electron chi connectivity index (χ1n) is 7.39. The quantitative estimate of drug-likeness (QED) is 0.866. The summed E-state index contributed by atoms with van der Waals surface area (Å²) in [6.45, 7) is 7.70. The molecule has 1 aromatic rings. The van der Waals surface area contributed by atoms with Crippen molar-refractivity contribution in [2.24, 2.45) is 0 Å². The van der Waals surface area contributed by atoms with E-state index in [2.05, 4.69) is 30.1 Å². The molecule has 1 fully saturated rings. The Morgan fingerprint density at radius 2 is 2.15 bits per heavy atom. The highest BCUT2D eigenvalue weighted by Gasteiger charge is 2.27. The first-order chi connectivity index (χ1) is 9.71. The number of hydrogen-bond acceptors (Lipinski definition) is 4. The molecule has 0 spiro atoms. The number of ether oxygens (including phenoxy) is 2. The zero-order valence-corrected chi connectivity index (χ0v) is 13.0. The van der Waals surface area contributed by atoms with Gasteiger partial charge in [0.2, 0.25) is 0 Å². The van der Waals surface area contributed by atoms with Gasteiger partial charge in [0.1, 0.15) is 11.5 Å². The lowest BCUT2D eigenvalue weighted by molar-refractivity contribution is 0.160. The molecule has 1 aliphatic heterocycles. The van der Waals surface area contributed by atoms with Crippen LogP contribution in [-0.4, -0.2) is 44.8 Å². The highest BCUT2D eigenvalue weighted by Crippen LogP contribution is 2.34. The van der Waals surface area contributed by atoms with Crippen LogP contribution in [0.5, 0.6) is 11.5 Å². The van der Waals surface area contributed by atoms with Gasteiger partial charge in [0.15, 0.2) is 0 Å². The maximum atomic E-state index is 5.53. The third-order valence-corrected chi connectivity index (χ3v) is 4.25. The van der Waals surface area contributed by atoms with Gasteiger partial charge in [-0.15, -0.1) is 0 Å². The summed E-state index contributed by atoms with van der Waals surface area (Å²) in [7, 11) is 3.43. The first kappa shape index (κ1) is 15.1. The van der Waals surface area contributed by atoms with Crippen molar-refractivity contribution in [1.29, 1.82) is 0 Å². The van der Waals surface area contributed by atoms with Gasteiger partial charge in [0.25, 0.3) is 0 Å². The maximum Gasteiger partial charge on any atom is 0.123 e.